The minimum atomic E-state index is -0.125. The summed E-state index contributed by atoms with van der Waals surface area (Å²) < 4.78 is 5.76. The van der Waals surface area contributed by atoms with Crippen LogP contribution in [-0.4, -0.2) is 15.9 Å². The Bertz CT molecular complexity index is 1080. The van der Waals surface area contributed by atoms with E-state index < -0.39 is 0 Å². The van der Waals surface area contributed by atoms with Gasteiger partial charge in [0.1, 0.15) is 0 Å². The second-order valence-corrected chi connectivity index (χ2v) is 6.38. The van der Waals surface area contributed by atoms with Crippen molar-refractivity contribution in [2.24, 2.45) is 0 Å². The van der Waals surface area contributed by atoms with Crippen LogP contribution in [0.5, 0.6) is 0 Å². The van der Waals surface area contributed by atoms with Crippen molar-refractivity contribution in [1.29, 1.82) is 0 Å². The highest BCUT2D eigenvalue weighted by Crippen LogP contribution is 2.27. The highest BCUT2D eigenvalue weighted by atomic mass is 16.3. The molecule has 5 heteroatoms. The summed E-state index contributed by atoms with van der Waals surface area (Å²) in [7, 11) is 0. The summed E-state index contributed by atoms with van der Waals surface area (Å²) in [4.78, 5) is 21.1. The molecule has 0 aliphatic rings. The average molecular weight is 357 g/mol. The van der Waals surface area contributed by atoms with Crippen LogP contribution in [0.3, 0.4) is 0 Å². The number of aryl methyl sites for hydroxylation is 2. The number of amides is 1. The first-order valence-corrected chi connectivity index (χ1v) is 8.87. The summed E-state index contributed by atoms with van der Waals surface area (Å²) in [5, 5.41) is 2.97. The topological polar surface area (TPSA) is 68.0 Å². The van der Waals surface area contributed by atoms with E-state index in [1.165, 1.54) is 5.56 Å². The van der Waals surface area contributed by atoms with E-state index in [9.17, 15) is 4.79 Å². The second-order valence-electron chi connectivity index (χ2n) is 6.38. The lowest BCUT2D eigenvalue weighted by atomic mass is 10.1. The molecule has 4 aromatic rings. The molecular formula is C22H19N3O2. The summed E-state index contributed by atoms with van der Waals surface area (Å²) in [5.41, 5.74) is 5.62. The number of pyridine rings is 1. The van der Waals surface area contributed by atoms with Crippen molar-refractivity contribution in [2.45, 2.75) is 20.3 Å². The van der Waals surface area contributed by atoms with Gasteiger partial charge in [0.25, 0.3) is 5.91 Å². The fraction of sp³-hybridized carbons (Fsp3) is 0.136. The van der Waals surface area contributed by atoms with Gasteiger partial charge in [-0.2, -0.15) is 4.98 Å². The Labute approximate surface area is 157 Å². The third-order valence-electron chi connectivity index (χ3n) is 4.51. The van der Waals surface area contributed by atoms with Crippen molar-refractivity contribution in [3.8, 4) is 11.5 Å². The van der Waals surface area contributed by atoms with Gasteiger partial charge >= 0.3 is 0 Å². The molecule has 0 spiro atoms. The number of aromatic nitrogens is 2. The van der Waals surface area contributed by atoms with E-state index in [1.807, 2.05) is 61.5 Å². The van der Waals surface area contributed by atoms with Crippen molar-refractivity contribution in [3.63, 3.8) is 0 Å². The first-order chi connectivity index (χ1) is 13.1. The zero-order valence-electron chi connectivity index (χ0n) is 15.2. The van der Waals surface area contributed by atoms with E-state index in [4.69, 9.17) is 4.42 Å². The van der Waals surface area contributed by atoms with Crippen LogP contribution in [-0.2, 0) is 6.42 Å². The van der Waals surface area contributed by atoms with E-state index in [0.717, 1.165) is 23.2 Å². The normalized spacial score (nSPS) is 10.9. The van der Waals surface area contributed by atoms with Crippen molar-refractivity contribution in [3.05, 3.63) is 77.5 Å². The van der Waals surface area contributed by atoms with E-state index in [-0.39, 0.29) is 5.91 Å². The number of carbonyl (C=O) groups is 1. The number of oxazole rings is 1. The van der Waals surface area contributed by atoms with E-state index in [2.05, 4.69) is 22.2 Å². The third kappa shape index (κ3) is 3.44. The van der Waals surface area contributed by atoms with Gasteiger partial charge in [-0.1, -0.05) is 19.1 Å². The average Bonchev–Trinajstić information content (AvgIpc) is 3.14. The fourth-order valence-corrected chi connectivity index (χ4v) is 2.92. The van der Waals surface area contributed by atoms with Gasteiger partial charge in [-0.05, 0) is 66.9 Å². The summed E-state index contributed by atoms with van der Waals surface area (Å²) >= 11 is 0. The van der Waals surface area contributed by atoms with Gasteiger partial charge in [0.2, 0.25) is 5.89 Å². The zero-order chi connectivity index (χ0) is 18.8. The first kappa shape index (κ1) is 17.0. The smallest absolute Gasteiger partial charge is 0.255 e. The van der Waals surface area contributed by atoms with E-state index in [1.54, 1.807) is 6.20 Å². The van der Waals surface area contributed by atoms with Crippen LogP contribution in [0.15, 0.2) is 65.2 Å². The predicted octanol–water partition coefficient (Wildman–Crippen LogP) is 5.01. The highest BCUT2D eigenvalue weighted by molar-refractivity contribution is 6.04. The van der Waals surface area contributed by atoms with E-state index in [0.29, 0.717) is 22.7 Å². The van der Waals surface area contributed by atoms with Crippen LogP contribution < -0.4 is 5.32 Å². The van der Waals surface area contributed by atoms with Gasteiger partial charge in [0, 0.05) is 23.0 Å². The largest absolute Gasteiger partial charge is 0.434 e. The number of hydrogen-bond acceptors (Lipinski definition) is 4. The van der Waals surface area contributed by atoms with Crippen LogP contribution in [0, 0.1) is 6.92 Å². The molecule has 5 nitrogen and oxygen atoms in total. The first-order valence-electron chi connectivity index (χ1n) is 8.87. The molecule has 0 saturated carbocycles. The molecule has 0 aliphatic heterocycles. The summed E-state index contributed by atoms with van der Waals surface area (Å²) in [6.07, 6.45) is 2.64. The molecule has 0 saturated heterocycles. The second kappa shape index (κ2) is 7.03. The van der Waals surface area contributed by atoms with Crippen molar-refractivity contribution < 1.29 is 9.21 Å². The lowest BCUT2D eigenvalue weighted by molar-refractivity contribution is 0.102. The number of nitrogens with one attached hydrogen (secondary N) is 1. The maximum atomic E-state index is 12.5. The number of anilines is 1. The number of rotatable bonds is 4. The van der Waals surface area contributed by atoms with Crippen molar-refractivity contribution in [2.75, 3.05) is 5.32 Å². The molecule has 134 valence electrons. The Kier molecular flexibility index (Phi) is 4.42. The summed E-state index contributed by atoms with van der Waals surface area (Å²) in [6, 6.07) is 17.0. The highest BCUT2D eigenvalue weighted by Gasteiger charge is 2.12. The van der Waals surface area contributed by atoms with Crippen LogP contribution in [0.1, 0.15) is 28.4 Å². The molecule has 0 aliphatic carbocycles. The van der Waals surface area contributed by atoms with Crippen LogP contribution >= 0.6 is 0 Å². The maximum Gasteiger partial charge on any atom is 0.255 e. The lowest BCUT2D eigenvalue weighted by Crippen LogP contribution is -2.12. The van der Waals surface area contributed by atoms with Crippen LogP contribution in [0.4, 0.5) is 5.69 Å². The molecule has 0 fully saturated rings. The molecule has 2 aromatic heterocycles. The summed E-state index contributed by atoms with van der Waals surface area (Å²) in [6.45, 7) is 4.03. The Balaban J connectivity index is 1.56. The van der Waals surface area contributed by atoms with Gasteiger partial charge in [0.05, 0.1) is 0 Å². The lowest BCUT2D eigenvalue weighted by Gasteiger charge is -2.10. The number of fused-ring (bicyclic) bond motifs is 1. The van der Waals surface area contributed by atoms with E-state index >= 15 is 0 Å². The maximum absolute atomic E-state index is 12.5. The SMILES string of the molecule is CCc1ccc(C(=O)Nc2ccc(-c3nc4ncccc4o3)cc2C)cc1. The van der Waals surface area contributed by atoms with Crippen LogP contribution in [0.25, 0.3) is 22.7 Å². The zero-order valence-corrected chi connectivity index (χ0v) is 15.2. The molecule has 2 aromatic carbocycles. The Morgan fingerprint density at radius 2 is 1.93 bits per heavy atom. The molecule has 0 bridgehead atoms. The molecule has 2 heterocycles. The van der Waals surface area contributed by atoms with Gasteiger partial charge < -0.3 is 9.73 Å². The van der Waals surface area contributed by atoms with Gasteiger partial charge in [-0.25, -0.2) is 4.98 Å². The predicted molar refractivity (Wildman–Crippen MR) is 106 cm³/mol. The molecule has 0 unspecified atom stereocenters. The molecule has 4 rings (SSSR count). The van der Waals surface area contributed by atoms with Crippen LogP contribution in [0.2, 0.25) is 0 Å². The standard InChI is InChI=1S/C22H19N3O2/c1-3-15-6-8-16(9-7-15)21(26)24-18-11-10-17(13-14(18)2)22-25-20-19(27-22)5-4-12-23-20/h4-13H,3H2,1-2H3,(H,24,26). The van der Waals surface area contributed by atoms with Crippen molar-refractivity contribution in [1.82, 2.24) is 9.97 Å². The molecule has 27 heavy (non-hydrogen) atoms. The van der Waals surface area contributed by atoms with Gasteiger partial charge in [-0.3, -0.25) is 4.79 Å². The summed E-state index contributed by atoms with van der Waals surface area (Å²) in [5.74, 6) is 0.388. The Morgan fingerprint density at radius 1 is 1.11 bits per heavy atom. The Hall–Kier alpha value is -3.47. The Morgan fingerprint density at radius 3 is 2.63 bits per heavy atom. The number of carbonyl (C=O) groups excluding carboxylic acids is 1. The third-order valence-corrected chi connectivity index (χ3v) is 4.51. The monoisotopic (exact) mass is 357 g/mol. The molecule has 1 amide bonds. The van der Waals surface area contributed by atoms with Gasteiger partial charge in [0.15, 0.2) is 11.2 Å². The molecule has 0 radical (unpaired) electrons. The molecular weight excluding hydrogens is 338 g/mol. The number of nitrogens with zero attached hydrogens (tertiary/aromatic N) is 2. The molecule has 0 atom stereocenters. The van der Waals surface area contributed by atoms with Crippen molar-refractivity contribution >= 4 is 22.8 Å². The number of benzene rings is 2. The van der Waals surface area contributed by atoms with Gasteiger partial charge in [-0.15, -0.1) is 0 Å². The quantitative estimate of drug-likeness (QED) is 0.557. The fourth-order valence-electron chi connectivity index (χ4n) is 2.92. The molecule has 1 N–H and O–H groups in total. The minimum absolute atomic E-state index is 0.125. The minimum Gasteiger partial charge on any atom is -0.434 e. The number of hydrogen-bond donors (Lipinski definition) is 1.